The lowest BCUT2D eigenvalue weighted by Crippen LogP contribution is -2.14. The Kier molecular flexibility index (Phi) is 5.56. The molecule has 3 nitrogen and oxygen atoms in total. The molecule has 1 rings (SSSR count). The molecule has 0 aromatic carbocycles. The van der Waals surface area contributed by atoms with Crippen LogP contribution in [-0.2, 0) is 12.8 Å². The Balaban J connectivity index is 2.78. The summed E-state index contributed by atoms with van der Waals surface area (Å²) in [5.74, 6) is 1.71. The van der Waals surface area contributed by atoms with Gasteiger partial charge in [0.25, 0.3) is 0 Å². The van der Waals surface area contributed by atoms with Crippen LogP contribution in [0.4, 0.5) is 0 Å². The predicted molar refractivity (Wildman–Crippen MR) is 72.3 cm³/mol. The van der Waals surface area contributed by atoms with Crippen molar-refractivity contribution in [3.05, 3.63) is 22.8 Å². The summed E-state index contributed by atoms with van der Waals surface area (Å²) in [6.07, 6.45) is 3.17. The number of hydrogen-bond acceptors (Lipinski definition) is 3. The fourth-order valence-electron chi connectivity index (χ4n) is 1.95. The SMILES string of the molecule is CNCCc1c(C)nc(CCC(C)C)nc1C. The molecule has 0 saturated heterocycles. The standard InChI is InChI=1S/C14H25N3/c1-10(2)6-7-14-16-11(3)13(8-9-15-5)12(4)17-14/h10,15H,6-9H2,1-5H3. The Hall–Kier alpha value is -0.960. The van der Waals surface area contributed by atoms with E-state index in [9.17, 15) is 0 Å². The van der Waals surface area contributed by atoms with Gasteiger partial charge in [-0.25, -0.2) is 9.97 Å². The topological polar surface area (TPSA) is 37.8 Å². The number of nitrogens with zero attached hydrogens (tertiary/aromatic N) is 2. The van der Waals surface area contributed by atoms with Gasteiger partial charge in [-0.15, -0.1) is 0 Å². The average molecular weight is 235 g/mol. The molecule has 1 N–H and O–H groups in total. The second kappa shape index (κ2) is 6.70. The largest absolute Gasteiger partial charge is 0.319 e. The summed E-state index contributed by atoms with van der Waals surface area (Å²) in [4.78, 5) is 9.24. The van der Waals surface area contributed by atoms with Crippen LogP contribution in [0.5, 0.6) is 0 Å². The van der Waals surface area contributed by atoms with Crippen LogP contribution in [0.25, 0.3) is 0 Å². The highest BCUT2D eigenvalue weighted by Crippen LogP contribution is 2.13. The fourth-order valence-corrected chi connectivity index (χ4v) is 1.95. The smallest absolute Gasteiger partial charge is 0.128 e. The number of aromatic nitrogens is 2. The molecule has 0 spiro atoms. The van der Waals surface area contributed by atoms with Crippen LogP contribution in [0.1, 0.15) is 43.0 Å². The third-order valence-electron chi connectivity index (χ3n) is 3.04. The van der Waals surface area contributed by atoms with Gasteiger partial charge in [0.1, 0.15) is 5.82 Å². The van der Waals surface area contributed by atoms with Crippen LogP contribution >= 0.6 is 0 Å². The van der Waals surface area contributed by atoms with Gasteiger partial charge in [-0.2, -0.15) is 0 Å². The van der Waals surface area contributed by atoms with E-state index in [1.165, 1.54) is 5.56 Å². The molecule has 0 aliphatic rings. The van der Waals surface area contributed by atoms with E-state index >= 15 is 0 Å². The molecule has 3 heteroatoms. The maximum absolute atomic E-state index is 4.62. The van der Waals surface area contributed by atoms with Gasteiger partial charge in [0, 0.05) is 17.8 Å². The van der Waals surface area contributed by atoms with Crippen molar-refractivity contribution in [2.24, 2.45) is 5.92 Å². The summed E-state index contributed by atoms with van der Waals surface area (Å²) >= 11 is 0. The molecule has 0 aliphatic carbocycles. The summed E-state index contributed by atoms with van der Waals surface area (Å²) in [6.45, 7) is 9.65. The average Bonchev–Trinajstić information content (AvgIpc) is 2.25. The fraction of sp³-hybridized carbons (Fsp3) is 0.714. The quantitative estimate of drug-likeness (QED) is 0.823. The second-order valence-corrected chi connectivity index (χ2v) is 5.08. The highest BCUT2D eigenvalue weighted by atomic mass is 14.9. The molecule has 0 aliphatic heterocycles. The number of nitrogens with one attached hydrogen (secondary N) is 1. The predicted octanol–water partition coefficient (Wildman–Crippen LogP) is 2.44. The summed E-state index contributed by atoms with van der Waals surface area (Å²) in [7, 11) is 1.97. The van der Waals surface area contributed by atoms with Gasteiger partial charge in [0.2, 0.25) is 0 Å². The maximum atomic E-state index is 4.62. The van der Waals surface area contributed by atoms with E-state index in [-0.39, 0.29) is 0 Å². The highest BCUT2D eigenvalue weighted by molar-refractivity contribution is 5.24. The molecular formula is C14H25N3. The summed E-state index contributed by atoms with van der Waals surface area (Å²) < 4.78 is 0. The van der Waals surface area contributed by atoms with E-state index in [0.29, 0.717) is 5.92 Å². The van der Waals surface area contributed by atoms with E-state index in [2.05, 4.69) is 43.0 Å². The van der Waals surface area contributed by atoms with Crippen LogP contribution in [0.2, 0.25) is 0 Å². The van der Waals surface area contributed by atoms with Crippen molar-refractivity contribution in [2.75, 3.05) is 13.6 Å². The van der Waals surface area contributed by atoms with E-state index in [1.807, 2.05) is 7.05 Å². The Labute approximate surface area is 105 Å². The van der Waals surface area contributed by atoms with Crippen molar-refractivity contribution in [3.63, 3.8) is 0 Å². The number of aryl methyl sites for hydroxylation is 3. The molecule has 17 heavy (non-hydrogen) atoms. The third kappa shape index (κ3) is 4.43. The zero-order chi connectivity index (χ0) is 12.8. The van der Waals surface area contributed by atoms with E-state index in [4.69, 9.17) is 0 Å². The molecule has 0 unspecified atom stereocenters. The first kappa shape index (κ1) is 14.1. The van der Waals surface area contributed by atoms with Gasteiger partial charge in [0.15, 0.2) is 0 Å². The molecule has 0 fully saturated rings. The maximum Gasteiger partial charge on any atom is 0.128 e. The molecule has 0 radical (unpaired) electrons. The summed E-state index contributed by atoms with van der Waals surface area (Å²) in [5.41, 5.74) is 3.59. The molecule has 1 aromatic rings. The van der Waals surface area contributed by atoms with Crippen LogP contribution < -0.4 is 5.32 Å². The molecule has 0 atom stereocenters. The minimum Gasteiger partial charge on any atom is -0.319 e. The van der Waals surface area contributed by atoms with Crippen molar-refractivity contribution < 1.29 is 0 Å². The van der Waals surface area contributed by atoms with Gasteiger partial charge < -0.3 is 5.32 Å². The van der Waals surface area contributed by atoms with Crippen molar-refractivity contribution in [2.45, 2.75) is 47.0 Å². The summed E-state index contributed by atoms with van der Waals surface area (Å²) in [6, 6.07) is 0. The van der Waals surface area contributed by atoms with Crippen LogP contribution in [0.15, 0.2) is 0 Å². The first-order chi connectivity index (χ1) is 8.04. The molecule has 1 heterocycles. The number of likely N-dealkylation sites (N-methyl/N-ethyl adjacent to an activating group) is 1. The lowest BCUT2D eigenvalue weighted by molar-refractivity contribution is 0.572. The summed E-state index contributed by atoms with van der Waals surface area (Å²) in [5, 5.41) is 3.17. The van der Waals surface area contributed by atoms with Crippen molar-refractivity contribution in [1.29, 1.82) is 0 Å². The third-order valence-corrected chi connectivity index (χ3v) is 3.04. The number of hydrogen-bond donors (Lipinski definition) is 1. The van der Waals surface area contributed by atoms with Crippen molar-refractivity contribution >= 4 is 0 Å². The van der Waals surface area contributed by atoms with E-state index < -0.39 is 0 Å². The normalized spacial score (nSPS) is 11.2. The minimum atomic E-state index is 0.711. The molecule has 0 amide bonds. The molecular weight excluding hydrogens is 210 g/mol. The van der Waals surface area contributed by atoms with Crippen molar-refractivity contribution in [3.8, 4) is 0 Å². The monoisotopic (exact) mass is 235 g/mol. The molecule has 96 valence electrons. The molecule has 1 aromatic heterocycles. The lowest BCUT2D eigenvalue weighted by Gasteiger charge is -2.11. The highest BCUT2D eigenvalue weighted by Gasteiger charge is 2.08. The van der Waals surface area contributed by atoms with Crippen molar-refractivity contribution in [1.82, 2.24) is 15.3 Å². The zero-order valence-corrected chi connectivity index (χ0v) is 11.8. The van der Waals surface area contributed by atoms with Gasteiger partial charge in [0.05, 0.1) is 0 Å². The van der Waals surface area contributed by atoms with Gasteiger partial charge in [-0.1, -0.05) is 13.8 Å². The minimum absolute atomic E-state index is 0.711. The van der Waals surface area contributed by atoms with Crippen LogP contribution in [0, 0.1) is 19.8 Å². The lowest BCUT2D eigenvalue weighted by atomic mass is 10.1. The first-order valence-electron chi connectivity index (χ1n) is 6.52. The van der Waals surface area contributed by atoms with Crippen LogP contribution in [-0.4, -0.2) is 23.6 Å². The molecule has 0 saturated carbocycles. The second-order valence-electron chi connectivity index (χ2n) is 5.08. The number of rotatable bonds is 6. The van der Waals surface area contributed by atoms with E-state index in [0.717, 1.165) is 43.0 Å². The van der Waals surface area contributed by atoms with Gasteiger partial charge in [-0.3, -0.25) is 0 Å². The van der Waals surface area contributed by atoms with E-state index in [1.54, 1.807) is 0 Å². The zero-order valence-electron chi connectivity index (χ0n) is 11.8. The Morgan fingerprint density at radius 2 is 1.65 bits per heavy atom. The van der Waals surface area contributed by atoms with Gasteiger partial charge in [-0.05, 0) is 51.8 Å². The Morgan fingerprint density at radius 3 is 2.12 bits per heavy atom. The first-order valence-corrected chi connectivity index (χ1v) is 6.52. The Bertz CT molecular complexity index is 335. The molecule has 0 bridgehead atoms. The van der Waals surface area contributed by atoms with Gasteiger partial charge >= 0.3 is 0 Å². The Morgan fingerprint density at radius 1 is 1.06 bits per heavy atom. The van der Waals surface area contributed by atoms with Crippen LogP contribution in [0.3, 0.4) is 0 Å².